The van der Waals surface area contributed by atoms with Crippen LogP contribution in [0.1, 0.15) is 17.2 Å². The number of hydrogen-bond donors (Lipinski definition) is 2. The van der Waals surface area contributed by atoms with Crippen LogP contribution in [-0.2, 0) is 14.3 Å². The molecule has 31 heavy (non-hydrogen) atoms. The van der Waals surface area contributed by atoms with Gasteiger partial charge in [-0.2, -0.15) is 0 Å². The predicted octanol–water partition coefficient (Wildman–Crippen LogP) is 1.82. The summed E-state index contributed by atoms with van der Waals surface area (Å²) in [5.41, 5.74) is 0.395. The quantitative estimate of drug-likeness (QED) is 0.418. The molecule has 6 nitrogen and oxygen atoms in total. The molecule has 8 heteroatoms. The number of ether oxygens (including phenoxy) is 1. The van der Waals surface area contributed by atoms with E-state index in [1.807, 2.05) is 0 Å². The molecule has 2 aromatic rings. The van der Waals surface area contributed by atoms with Gasteiger partial charge in [0.2, 0.25) is 0 Å². The van der Waals surface area contributed by atoms with Gasteiger partial charge in [0, 0.05) is 16.1 Å². The van der Waals surface area contributed by atoms with Gasteiger partial charge >= 0.3 is 0 Å². The molecule has 0 radical (unpaired) electrons. The zero-order valence-electron chi connectivity index (χ0n) is 16.8. The van der Waals surface area contributed by atoms with Crippen LogP contribution in [0.5, 0.6) is 0 Å². The van der Waals surface area contributed by atoms with Crippen molar-refractivity contribution in [3.05, 3.63) is 76.1 Å². The van der Waals surface area contributed by atoms with E-state index in [1.165, 1.54) is 21.9 Å². The number of ketones is 1. The van der Waals surface area contributed by atoms with Crippen LogP contribution in [-0.4, -0.2) is 61.1 Å². The summed E-state index contributed by atoms with van der Waals surface area (Å²) < 4.78 is 20.1. The number of benzene rings is 2. The molecule has 2 aromatic carbocycles. The highest BCUT2D eigenvalue weighted by Crippen LogP contribution is 2.40. The minimum atomic E-state index is -1.00. The molecular weight excluding hydrogens is 423 g/mol. The molecule has 2 saturated heterocycles. The van der Waals surface area contributed by atoms with Gasteiger partial charge in [-0.1, -0.05) is 29.8 Å². The molecule has 0 aliphatic carbocycles. The van der Waals surface area contributed by atoms with Gasteiger partial charge in [0.15, 0.2) is 0 Å². The van der Waals surface area contributed by atoms with E-state index in [-0.39, 0.29) is 23.4 Å². The summed E-state index contributed by atoms with van der Waals surface area (Å²) in [6.45, 7) is 3.75. The van der Waals surface area contributed by atoms with Crippen molar-refractivity contribution in [2.45, 2.75) is 6.04 Å². The minimum Gasteiger partial charge on any atom is -0.507 e. The maximum absolute atomic E-state index is 14.8. The van der Waals surface area contributed by atoms with Gasteiger partial charge in [-0.25, -0.2) is 4.39 Å². The number of halogens is 2. The number of aliphatic hydroxyl groups is 1. The molecule has 0 spiro atoms. The van der Waals surface area contributed by atoms with Crippen LogP contribution in [0.15, 0.2) is 54.1 Å². The highest BCUT2D eigenvalue weighted by molar-refractivity contribution is 6.46. The average molecular weight is 446 g/mol. The summed E-state index contributed by atoms with van der Waals surface area (Å²) in [6, 6.07) is 11.3. The molecule has 4 rings (SSSR count). The SMILES string of the molecule is O=C1C(=O)N(CC[NH+]2CCOCC2)[C@H](c2ccccc2F)C1=C(O)c1ccc(Cl)cc1. The molecule has 2 heterocycles. The summed E-state index contributed by atoms with van der Waals surface area (Å²) in [5.74, 6) is -2.45. The Kier molecular flexibility index (Phi) is 6.36. The summed E-state index contributed by atoms with van der Waals surface area (Å²) in [7, 11) is 0. The second-order valence-electron chi connectivity index (χ2n) is 7.63. The van der Waals surface area contributed by atoms with Crippen molar-refractivity contribution in [1.29, 1.82) is 0 Å². The Morgan fingerprint density at radius 2 is 1.81 bits per heavy atom. The van der Waals surface area contributed by atoms with Crippen molar-refractivity contribution in [2.75, 3.05) is 39.4 Å². The lowest BCUT2D eigenvalue weighted by atomic mass is 9.95. The van der Waals surface area contributed by atoms with Crippen molar-refractivity contribution in [3.8, 4) is 0 Å². The lowest BCUT2D eigenvalue weighted by Crippen LogP contribution is -3.14. The third kappa shape index (κ3) is 4.35. The predicted molar refractivity (Wildman–Crippen MR) is 113 cm³/mol. The van der Waals surface area contributed by atoms with E-state index in [0.717, 1.165) is 13.1 Å². The van der Waals surface area contributed by atoms with Gasteiger partial charge in [-0.15, -0.1) is 0 Å². The lowest BCUT2D eigenvalue weighted by Gasteiger charge is -2.29. The van der Waals surface area contributed by atoms with E-state index >= 15 is 0 Å². The zero-order chi connectivity index (χ0) is 22.0. The number of carbonyl (C=O) groups excluding carboxylic acids is 2. The smallest absolute Gasteiger partial charge is 0.295 e. The summed E-state index contributed by atoms with van der Waals surface area (Å²) in [5, 5.41) is 11.4. The third-order valence-electron chi connectivity index (χ3n) is 5.76. The van der Waals surface area contributed by atoms with E-state index in [4.69, 9.17) is 16.3 Å². The molecule has 2 fully saturated rings. The first-order chi connectivity index (χ1) is 15.0. The van der Waals surface area contributed by atoms with Crippen molar-refractivity contribution in [2.24, 2.45) is 0 Å². The first-order valence-electron chi connectivity index (χ1n) is 10.2. The molecular formula is C23H23ClFN2O4+. The molecule has 1 amide bonds. The molecule has 0 unspecified atom stereocenters. The molecule has 0 bridgehead atoms. The van der Waals surface area contributed by atoms with Crippen LogP contribution in [0.25, 0.3) is 5.76 Å². The van der Waals surface area contributed by atoms with Gasteiger partial charge in [-0.05, 0) is 30.3 Å². The highest BCUT2D eigenvalue weighted by atomic mass is 35.5. The van der Waals surface area contributed by atoms with Gasteiger partial charge in [0.1, 0.15) is 24.7 Å². The third-order valence-corrected chi connectivity index (χ3v) is 6.02. The maximum atomic E-state index is 14.8. The van der Waals surface area contributed by atoms with Crippen LogP contribution in [0, 0.1) is 5.82 Å². The monoisotopic (exact) mass is 445 g/mol. The topological polar surface area (TPSA) is 71.3 Å². The fourth-order valence-electron chi connectivity index (χ4n) is 4.08. The second-order valence-corrected chi connectivity index (χ2v) is 8.07. The van der Waals surface area contributed by atoms with Crippen molar-refractivity contribution >= 4 is 29.1 Å². The van der Waals surface area contributed by atoms with Crippen LogP contribution >= 0.6 is 11.6 Å². The van der Waals surface area contributed by atoms with Crippen LogP contribution in [0.3, 0.4) is 0 Å². The molecule has 0 aromatic heterocycles. The van der Waals surface area contributed by atoms with Gasteiger partial charge < -0.3 is 19.6 Å². The lowest BCUT2D eigenvalue weighted by molar-refractivity contribution is -0.907. The van der Waals surface area contributed by atoms with E-state index in [9.17, 15) is 19.1 Å². The van der Waals surface area contributed by atoms with Gasteiger partial charge in [0.25, 0.3) is 11.7 Å². The van der Waals surface area contributed by atoms with E-state index in [1.54, 1.807) is 36.4 Å². The normalized spacial score (nSPS) is 21.6. The number of morpholine rings is 1. The Labute approximate surface area is 184 Å². The molecule has 2 aliphatic heterocycles. The van der Waals surface area contributed by atoms with Crippen molar-refractivity contribution < 1.29 is 28.7 Å². The number of Topliss-reactive ketones (excluding diaryl/α,β-unsaturated/α-hetero) is 1. The summed E-state index contributed by atoms with van der Waals surface area (Å²) in [6.07, 6.45) is 0. The maximum Gasteiger partial charge on any atom is 0.295 e. The summed E-state index contributed by atoms with van der Waals surface area (Å²) >= 11 is 5.92. The highest BCUT2D eigenvalue weighted by Gasteiger charge is 2.47. The number of carbonyl (C=O) groups is 2. The number of aliphatic hydroxyl groups excluding tert-OH is 1. The first-order valence-corrected chi connectivity index (χ1v) is 10.5. The Balaban J connectivity index is 1.75. The van der Waals surface area contributed by atoms with E-state index in [0.29, 0.717) is 30.3 Å². The molecule has 162 valence electrons. The fraction of sp³-hybridized carbons (Fsp3) is 0.304. The molecule has 2 aliphatic rings. The average Bonchev–Trinajstić information content (AvgIpc) is 3.03. The number of nitrogens with one attached hydrogen (secondary N) is 1. The molecule has 1 atom stereocenters. The number of quaternary nitrogens is 1. The molecule has 0 saturated carbocycles. The number of nitrogens with zero attached hydrogens (tertiary/aromatic N) is 1. The van der Waals surface area contributed by atoms with Gasteiger partial charge in [0.05, 0.1) is 37.9 Å². The Morgan fingerprint density at radius 3 is 2.48 bits per heavy atom. The fourth-order valence-corrected chi connectivity index (χ4v) is 4.21. The van der Waals surface area contributed by atoms with E-state index < -0.39 is 23.5 Å². The summed E-state index contributed by atoms with van der Waals surface area (Å²) in [4.78, 5) is 28.5. The van der Waals surface area contributed by atoms with Gasteiger partial charge in [-0.3, -0.25) is 9.59 Å². The standard InChI is InChI=1S/C23H22ClFN2O4/c24-16-7-5-15(6-8-16)21(28)19-20(17-3-1-2-4-18(17)25)27(23(30)22(19)29)10-9-26-11-13-31-14-12-26/h1-8,20,28H,9-14H2/p+1/t20-/m1/s1. The second kappa shape index (κ2) is 9.18. The van der Waals surface area contributed by atoms with Crippen LogP contribution in [0.2, 0.25) is 5.02 Å². The minimum absolute atomic E-state index is 0.116. The molecule has 2 N–H and O–H groups in total. The Bertz CT molecular complexity index is 1020. The Hall–Kier alpha value is -2.74. The number of likely N-dealkylation sites (tertiary alicyclic amines) is 1. The van der Waals surface area contributed by atoms with Crippen LogP contribution < -0.4 is 4.90 Å². The number of hydrogen-bond acceptors (Lipinski definition) is 4. The number of rotatable bonds is 5. The first kappa shape index (κ1) is 21.5. The van der Waals surface area contributed by atoms with Crippen molar-refractivity contribution in [1.82, 2.24) is 4.90 Å². The van der Waals surface area contributed by atoms with Crippen LogP contribution in [0.4, 0.5) is 4.39 Å². The van der Waals surface area contributed by atoms with Crippen molar-refractivity contribution in [3.63, 3.8) is 0 Å². The van der Waals surface area contributed by atoms with E-state index in [2.05, 4.69) is 0 Å². The largest absolute Gasteiger partial charge is 0.507 e. The zero-order valence-corrected chi connectivity index (χ0v) is 17.6. The Morgan fingerprint density at radius 1 is 1.13 bits per heavy atom. The number of amides is 1.